The maximum Gasteiger partial charge on any atom is 0.124 e. The van der Waals surface area contributed by atoms with E-state index < -0.39 is 0 Å². The van der Waals surface area contributed by atoms with Crippen LogP contribution in [0.2, 0.25) is 0 Å². The molecule has 1 heterocycles. The molecular formula is C22H36O2. The first-order valence-electron chi connectivity index (χ1n) is 9.35. The van der Waals surface area contributed by atoms with E-state index in [9.17, 15) is 0 Å². The smallest absolute Gasteiger partial charge is 0.124 e. The summed E-state index contributed by atoms with van der Waals surface area (Å²) >= 11 is 0. The van der Waals surface area contributed by atoms with Crippen LogP contribution >= 0.6 is 0 Å². The third-order valence-corrected chi connectivity index (χ3v) is 4.83. The molecule has 0 spiro atoms. The summed E-state index contributed by atoms with van der Waals surface area (Å²) in [6.07, 6.45) is 2.13. The lowest BCUT2D eigenvalue weighted by molar-refractivity contribution is 0.0740. The maximum atomic E-state index is 6.33. The topological polar surface area (TPSA) is 18.5 Å². The summed E-state index contributed by atoms with van der Waals surface area (Å²) in [5.41, 5.74) is 2.74. The second-order valence-electron chi connectivity index (χ2n) is 9.91. The van der Waals surface area contributed by atoms with Crippen LogP contribution in [0.4, 0.5) is 0 Å². The van der Waals surface area contributed by atoms with Crippen LogP contribution in [0, 0.1) is 5.41 Å². The Hall–Kier alpha value is -1.18. The van der Waals surface area contributed by atoms with Gasteiger partial charge < -0.3 is 9.47 Å². The van der Waals surface area contributed by atoms with Crippen molar-refractivity contribution in [1.82, 2.24) is 0 Å². The predicted octanol–water partition coefficient (Wildman–Crippen LogP) is 6.46. The normalized spacial score (nSPS) is 20.3. The molecule has 1 aliphatic heterocycles. The number of benzene rings is 1. The SMILES string of the molecule is CCOc1cc2c(cc1C(C)(C)CC(C)(C)C)OC(C)(C)CC2C. The van der Waals surface area contributed by atoms with Crippen LogP contribution in [0.25, 0.3) is 0 Å². The number of fused-ring (bicyclic) bond motifs is 1. The van der Waals surface area contributed by atoms with Crippen LogP contribution in [-0.4, -0.2) is 12.2 Å². The molecule has 0 amide bonds. The summed E-state index contributed by atoms with van der Waals surface area (Å²) in [4.78, 5) is 0. The molecule has 0 N–H and O–H groups in total. The number of ether oxygens (including phenoxy) is 2. The molecule has 1 atom stereocenters. The van der Waals surface area contributed by atoms with Gasteiger partial charge in [0.2, 0.25) is 0 Å². The van der Waals surface area contributed by atoms with Crippen molar-refractivity contribution in [3.63, 3.8) is 0 Å². The van der Waals surface area contributed by atoms with E-state index in [0.29, 0.717) is 12.5 Å². The summed E-state index contributed by atoms with van der Waals surface area (Å²) in [5.74, 6) is 2.56. The van der Waals surface area contributed by atoms with Crippen molar-refractivity contribution in [3.05, 3.63) is 23.3 Å². The molecule has 0 aliphatic carbocycles. The quantitative estimate of drug-likeness (QED) is 0.629. The van der Waals surface area contributed by atoms with Gasteiger partial charge in [0.15, 0.2) is 0 Å². The molecule has 0 bridgehead atoms. The van der Waals surface area contributed by atoms with Gasteiger partial charge in [-0.2, -0.15) is 0 Å². The maximum absolute atomic E-state index is 6.33. The van der Waals surface area contributed by atoms with Crippen molar-refractivity contribution < 1.29 is 9.47 Å². The zero-order valence-corrected chi connectivity index (χ0v) is 17.2. The summed E-state index contributed by atoms with van der Waals surface area (Å²) < 4.78 is 12.4. The molecule has 2 heteroatoms. The molecule has 1 unspecified atom stereocenters. The zero-order valence-electron chi connectivity index (χ0n) is 17.2. The van der Waals surface area contributed by atoms with Crippen LogP contribution < -0.4 is 9.47 Å². The average Bonchev–Trinajstić information content (AvgIpc) is 2.35. The minimum absolute atomic E-state index is 0.0337. The standard InChI is InChI=1S/C22H36O2/c1-10-23-19-11-16-15(2)13-22(8,9)24-18(16)12-17(19)21(6,7)14-20(3,4)5/h11-12,15H,10,13-14H2,1-9H3. The van der Waals surface area contributed by atoms with E-state index in [4.69, 9.17) is 9.47 Å². The summed E-state index contributed by atoms with van der Waals surface area (Å²) in [6.45, 7) is 20.9. The van der Waals surface area contributed by atoms with Gasteiger partial charge in [0.05, 0.1) is 6.61 Å². The Morgan fingerprint density at radius 3 is 2.33 bits per heavy atom. The lowest BCUT2D eigenvalue weighted by Gasteiger charge is -2.39. The molecule has 0 aromatic heterocycles. The van der Waals surface area contributed by atoms with Crippen LogP contribution in [-0.2, 0) is 5.41 Å². The molecule has 136 valence electrons. The molecule has 24 heavy (non-hydrogen) atoms. The Balaban J connectivity index is 2.55. The fourth-order valence-electron chi connectivity index (χ4n) is 4.46. The molecule has 0 fully saturated rings. The van der Waals surface area contributed by atoms with E-state index in [0.717, 1.165) is 24.3 Å². The van der Waals surface area contributed by atoms with E-state index >= 15 is 0 Å². The van der Waals surface area contributed by atoms with Gasteiger partial charge in [0, 0.05) is 11.1 Å². The van der Waals surface area contributed by atoms with Crippen molar-refractivity contribution >= 4 is 0 Å². The Morgan fingerprint density at radius 2 is 1.79 bits per heavy atom. The molecule has 1 aliphatic rings. The summed E-state index contributed by atoms with van der Waals surface area (Å²) in [6, 6.07) is 4.49. The number of hydrogen-bond acceptors (Lipinski definition) is 2. The van der Waals surface area contributed by atoms with Crippen LogP contribution in [0.1, 0.15) is 92.2 Å². The molecule has 0 saturated heterocycles. The molecule has 0 radical (unpaired) electrons. The molecule has 2 nitrogen and oxygen atoms in total. The zero-order chi connectivity index (χ0) is 18.3. The van der Waals surface area contributed by atoms with Crippen molar-refractivity contribution in [2.24, 2.45) is 5.41 Å². The van der Waals surface area contributed by atoms with E-state index in [2.05, 4.69) is 74.4 Å². The average molecular weight is 333 g/mol. The Bertz CT molecular complexity index is 591. The second kappa shape index (κ2) is 6.28. The van der Waals surface area contributed by atoms with Crippen LogP contribution in [0.5, 0.6) is 11.5 Å². The number of hydrogen-bond donors (Lipinski definition) is 0. The highest BCUT2D eigenvalue weighted by molar-refractivity contribution is 5.52. The van der Waals surface area contributed by atoms with Gasteiger partial charge in [-0.25, -0.2) is 0 Å². The van der Waals surface area contributed by atoms with Gasteiger partial charge in [0.1, 0.15) is 17.1 Å². The minimum Gasteiger partial charge on any atom is -0.494 e. The third-order valence-electron chi connectivity index (χ3n) is 4.83. The first-order valence-corrected chi connectivity index (χ1v) is 9.35. The lowest BCUT2D eigenvalue weighted by atomic mass is 9.71. The van der Waals surface area contributed by atoms with Crippen molar-refractivity contribution in [2.45, 2.75) is 92.1 Å². The molecule has 2 rings (SSSR count). The van der Waals surface area contributed by atoms with Gasteiger partial charge in [0.25, 0.3) is 0 Å². The van der Waals surface area contributed by atoms with E-state index in [1.807, 2.05) is 0 Å². The molecular weight excluding hydrogens is 296 g/mol. The summed E-state index contributed by atoms with van der Waals surface area (Å²) in [7, 11) is 0. The van der Waals surface area contributed by atoms with Gasteiger partial charge in [-0.15, -0.1) is 0 Å². The van der Waals surface area contributed by atoms with E-state index in [1.165, 1.54) is 11.1 Å². The van der Waals surface area contributed by atoms with Crippen LogP contribution in [0.3, 0.4) is 0 Å². The van der Waals surface area contributed by atoms with Crippen molar-refractivity contribution in [3.8, 4) is 11.5 Å². The highest BCUT2D eigenvalue weighted by Gasteiger charge is 2.36. The highest BCUT2D eigenvalue weighted by atomic mass is 16.5. The monoisotopic (exact) mass is 332 g/mol. The minimum atomic E-state index is -0.106. The van der Waals surface area contributed by atoms with E-state index in [-0.39, 0.29) is 16.4 Å². The fraction of sp³-hybridized carbons (Fsp3) is 0.727. The first kappa shape index (κ1) is 19.1. The van der Waals surface area contributed by atoms with Gasteiger partial charge in [-0.3, -0.25) is 0 Å². The largest absolute Gasteiger partial charge is 0.494 e. The van der Waals surface area contributed by atoms with Crippen molar-refractivity contribution in [1.29, 1.82) is 0 Å². The Morgan fingerprint density at radius 1 is 1.17 bits per heavy atom. The third kappa shape index (κ3) is 4.26. The fourth-order valence-corrected chi connectivity index (χ4v) is 4.46. The second-order valence-corrected chi connectivity index (χ2v) is 9.91. The van der Waals surface area contributed by atoms with Gasteiger partial charge in [-0.05, 0) is 62.5 Å². The molecule has 1 aromatic rings. The Kier molecular flexibility index (Phi) is 5.01. The predicted molar refractivity (Wildman–Crippen MR) is 102 cm³/mol. The van der Waals surface area contributed by atoms with Gasteiger partial charge in [-0.1, -0.05) is 41.5 Å². The Labute approximate surface area is 148 Å². The first-order chi connectivity index (χ1) is 10.8. The molecule has 1 aromatic carbocycles. The lowest BCUT2D eigenvalue weighted by Crippen LogP contribution is -2.34. The van der Waals surface area contributed by atoms with E-state index in [1.54, 1.807) is 0 Å². The van der Waals surface area contributed by atoms with Crippen molar-refractivity contribution in [2.75, 3.05) is 6.61 Å². The summed E-state index contributed by atoms with van der Waals surface area (Å²) in [5, 5.41) is 0. The number of rotatable bonds is 4. The van der Waals surface area contributed by atoms with Gasteiger partial charge >= 0.3 is 0 Å². The molecule has 0 saturated carbocycles. The highest BCUT2D eigenvalue weighted by Crippen LogP contribution is 2.48. The van der Waals surface area contributed by atoms with Crippen LogP contribution in [0.15, 0.2) is 12.1 Å².